The maximum atomic E-state index is 3.49. The molecule has 0 spiro atoms. The lowest BCUT2D eigenvalue weighted by Gasteiger charge is -2.23. The third-order valence-corrected chi connectivity index (χ3v) is 2.58. The van der Waals surface area contributed by atoms with Crippen LogP contribution in [0.2, 0.25) is 0 Å². The first-order valence-electron chi connectivity index (χ1n) is 6.58. The van der Waals surface area contributed by atoms with Gasteiger partial charge in [0, 0.05) is 10.8 Å². The van der Waals surface area contributed by atoms with Crippen LogP contribution in [-0.2, 0) is 0 Å². The highest BCUT2D eigenvalue weighted by molar-refractivity contribution is 5.15. The number of hydrogen-bond acceptors (Lipinski definition) is 0. The molecule has 0 N–H and O–H groups in total. The van der Waals surface area contributed by atoms with Gasteiger partial charge in [-0.3, -0.25) is 0 Å². The minimum Gasteiger partial charge on any atom is -0.0965 e. The average molecular weight is 287 g/mol. The molecule has 0 fully saturated rings. The van der Waals surface area contributed by atoms with E-state index in [0.717, 1.165) is 11.8 Å². The second kappa shape index (κ2) is 12.3. The molecule has 126 valence electrons. The van der Waals surface area contributed by atoms with E-state index in [1.165, 1.54) is 12.8 Å². The minimum atomic E-state index is 0. The molecule has 0 atom stereocenters. The lowest BCUT2D eigenvalue weighted by atomic mass is 9.80. The Hall–Kier alpha value is -0.440. The minimum absolute atomic E-state index is 0. The monoisotopic (exact) mass is 286 g/mol. The predicted octanol–water partition coefficient (Wildman–Crippen LogP) is 7.68. The molecular weight excluding hydrogens is 240 g/mol. The summed E-state index contributed by atoms with van der Waals surface area (Å²) in [7, 11) is 0. The normalized spacial score (nSPS) is 10.3. The van der Waals surface area contributed by atoms with E-state index in [-0.39, 0.29) is 40.5 Å². The van der Waals surface area contributed by atoms with E-state index >= 15 is 0 Å². The van der Waals surface area contributed by atoms with E-state index in [1.54, 1.807) is 0 Å². The highest BCUT2D eigenvalue weighted by Crippen LogP contribution is 2.28. The zero-order chi connectivity index (χ0) is 13.0. The molecule has 0 saturated heterocycles. The van der Waals surface area contributed by atoms with Gasteiger partial charge >= 0.3 is 0 Å². The van der Waals surface area contributed by atoms with Gasteiger partial charge in [0.2, 0.25) is 0 Å². The van der Waals surface area contributed by atoms with Crippen LogP contribution in [0.25, 0.3) is 0 Å². The predicted molar refractivity (Wildman–Crippen MR) is 101 cm³/mol. The molecule has 0 amide bonds. The molecule has 0 aliphatic rings. The zero-order valence-corrected chi connectivity index (χ0v) is 12.6. The van der Waals surface area contributed by atoms with Gasteiger partial charge < -0.3 is 0 Å². The fraction of sp³-hybridized carbons (Fsp3) is 0.900. The first-order chi connectivity index (χ1) is 7.04. The first kappa shape index (κ1) is 31.8. The Labute approximate surface area is 133 Å². The van der Waals surface area contributed by atoms with Gasteiger partial charge in [0.05, 0.1) is 0 Å². The van der Waals surface area contributed by atoms with Crippen LogP contribution >= 0.6 is 0 Å². The lowest BCUT2D eigenvalue weighted by molar-refractivity contribution is 0.365. The van der Waals surface area contributed by atoms with Crippen molar-refractivity contribution in [2.24, 2.45) is 22.7 Å². The Morgan fingerprint density at radius 2 is 0.800 bits per heavy atom. The summed E-state index contributed by atoms with van der Waals surface area (Å²) in [6.07, 6.45) is 2.36. The molecule has 20 heavy (non-hydrogen) atoms. The van der Waals surface area contributed by atoms with E-state index in [1.807, 2.05) is 0 Å². The van der Waals surface area contributed by atoms with Gasteiger partial charge in [-0.1, -0.05) is 69.2 Å². The van der Waals surface area contributed by atoms with Gasteiger partial charge in [0.15, 0.2) is 0 Å². The summed E-state index contributed by atoms with van der Waals surface area (Å²) in [6.45, 7) is 18.1. The van der Waals surface area contributed by atoms with Crippen LogP contribution in [0, 0.1) is 34.5 Å². The summed E-state index contributed by atoms with van der Waals surface area (Å²) in [5, 5.41) is 0. The Morgan fingerprint density at radius 1 is 0.600 bits per heavy atom. The molecule has 0 aliphatic carbocycles. The summed E-state index contributed by atoms with van der Waals surface area (Å²) in [5.41, 5.74) is 0.310. The fourth-order valence-corrected chi connectivity index (χ4v) is 2.48. The molecule has 0 aliphatic heterocycles. The molecule has 0 aromatic rings. The van der Waals surface area contributed by atoms with Crippen LogP contribution in [0.5, 0.6) is 0 Å². The second-order valence-electron chi connectivity index (χ2n) is 7.21. The van der Waals surface area contributed by atoms with Gasteiger partial charge in [-0.2, -0.15) is 0 Å². The van der Waals surface area contributed by atoms with Gasteiger partial charge in [-0.05, 0) is 52.4 Å². The topological polar surface area (TPSA) is 0 Å². The Bertz CT molecular complexity index is 229. The van der Waals surface area contributed by atoms with Crippen LogP contribution in [0.3, 0.4) is 0 Å². The van der Waals surface area contributed by atoms with Crippen molar-refractivity contribution in [3.8, 4) is 11.8 Å². The van der Waals surface area contributed by atoms with Crippen molar-refractivity contribution in [1.29, 1.82) is 0 Å². The Morgan fingerprint density at radius 3 is 0.950 bits per heavy atom. The first-order valence-corrected chi connectivity index (χ1v) is 6.58. The Kier molecular flexibility index (Phi) is 19.6. The molecule has 0 heterocycles. The highest BCUT2D eigenvalue weighted by Gasteiger charge is 2.20. The van der Waals surface area contributed by atoms with Crippen LogP contribution < -0.4 is 0 Å². The van der Waals surface area contributed by atoms with Crippen molar-refractivity contribution in [2.75, 3.05) is 0 Å². The maximum absolute atomic E-state index is 3.49. The molecule has 0 unspecified atom stereocenters. The molecule has 0 saturated carbocycles. The van der Waals surface area contributed by atoms with Crippen LogP contribution in [0.4, 0.5) is 0 Å². The summed E-state index contributed by atoms with van der Waals surface area (Å²) < 4.78 is 0. The van der Waals surface area contributed by atoms with Crippen molar-refractivity contribution in [1.82, 2.24) is 0 Å². The average Bonchev–Trinajstić information content (AvgIpc) is 1.96. The van der Waals surface area contributed by atoms with Crippen molar-refractivity contribution >= 4 is 0 Å². The summed E-state index contributed by atoms with van der Waals surface area (Å²) >= 11 is 0. The smallest absolute Gasteiger partial charge is 0.0261 e. The zero-order valence-electron chi connectivity index (χ0n) is 12.6. The van der Waals surface area contributed by atoms with E-state index in [0.29, 0.717) is 0 Å². The standard InChI is InChI=1S/C16H30.4CH4/c1-13(2)11-15(5,6)9-10-16(7,8)12-14(3)4;;;;/h13-14H,11-12H2,1-8H3;4*1H4. The van der Waals surface area contributed by atoms with E-state index in [2.05, 4.69) is 67.2 Å². The maximum Gasteiger partial charge on any atom is 0.0261 e. The molecule has 0 heteroatoms. The Balaban J connectivity index is -0.000000187. The van der Waals surface area contributed by atoms with Crippen LogP contribution in [0.1, 0.15) is 97.9 Å². The molecule has 0 nitrogen and oxygen atoms in total. The number of rotatable bonds is 4. The van der Waals surface area contributed by atoms with Crippen molar-refractivity contribution < 1.29 is 0 Å². The van der Waals surface area contributed by atoms with Gasteiger partial charge in [0.1, 0.15) is 0 Å². The third-order valence-electron chi connectivity index (χ3n) is 2.58. The van der Waals surface area contributed by atoms with Crippen LogP contribution in [-0.4, -0.2) is 0 Å². The van der Waals surface area contributed by atoms with E-state index < -0.39 is 0 Å². The summed E-state index contributed by atoms with van der Waals surface area (Å²) in [5.74, 6) is 8.41. The second-order valence-corrected chi connectivity index (χ2v) is 7.21. The van der Waals surface area contributed by atoms with Gasteiger partial charge in [-0.25, -0.2) is 0 Å². The summed E-state index contributed by atoms with van der Waals surface area (Å²) in [6, 6.07) is 0. The van der Waals surface area contributed by atoms with Gasteiger partial charge in [-0.15, -0.1) is 0 Å². The molecule has 0 bridgehead atoms. The fourth-order valence-electron chi connectivity index (χ4n) is 2.48. The van der Waals surface area contributed by atoms with Crippen LogP contribution in [0.15, 0.2) is 0 Å². The van der Waals surface area contributed by atoms with Crippen molar-refractivity contribution in [3.05, 3.63) is 0 Å². The SMILES string of the molecule is C.C.C.C.CC(C)CC(C)(C)C#CC(C)(C)CC(C)C. The third kappa shape index (κ3) is 17.6. The highest BCUT2D eigenvalue weighted by atomic mass is 14.2. The molecular formula is C20H46. The molecule has 0 aromatic heterocycles. The lowest BCUT2D eigenvalue weighted by Crippen LogP contribution is -2.16. The van der Waals surface area contributed by atoms with E-state index in [9.17, 15) is 0 Å². The van der Waals surface area contributed by atoms with E-state index in [4.69, 9.17) is 0 Å². The number of hydrogen-bond donors (Lipinski definition) is 0. The molecule has 0 rings (SSSR count). The molecule has 0 aromatic carbocycles. The van der Waals surface area contributed by atoms with Gasteiger partial charge in [0.25, 0.3) is 0 Å². The van der Waals surface area contributed by atoms with Crippen molar-refractivity contribution in [2.45, 2.75) is 97.9 Å². The summed E-state index contributed by atoms with van der Waals surface area (Å²) in [4.78, 5) is 0. The van der Waals surface area contributed by atoms with Crippen molar-refractivity contribution in [3.63, 3.8) is 0 Å². The quantitative estimate of drug-likeness (QED) is 0.465. The largest absolute Gasteiger partial charge is 0.0965 e. The molecule has 0 radical (unpaired) electrons.